The minimum Gasteiger partial charge on any atom is -0.490 e. The lowest BCUT2D eigenvalue weighted by Gasteiger charge is -2.27. The Labute approximate surface area is 181 Å². The number of aromatic nitrogens is 1. The summed E-state index contributed by atoms with van der Waals surface area (Å²) in [5.41, 5.74) is 7.89. The van der Waals surface area contributed by atoms with Crippen molar-refractivity contribution in [2.24, 2.45) is 0 Å². The molecule has 0 radical (unpaired) electrons. The second kappa shape index (κ2) is 9.04. The number of hydrogen-bond donors (Lipinski definition) is 2. The van der Waals surface area contributed by atoms with E-state index in [0.717, 1.165) is 0 Å². The largest absolute Gasteiger partial charge is 0.490 e. The van der Waals surface area contributed by atoms with Crippen LogP contribution in [0, 0.1) is 6.92 Å². The van der Waals surface area contributed by atoms with Gasteiger partial charge in [0, 0.05) is 5.56 Å². The Kier molecular flexibility index (Phi) is 6.44. The number of nitrogens with two attached hydrogens (primary N) is 1. The molecule has 0 spiro atoms. The van der Waals surface area contributed by atoms with Crippen molar-refractivity contribution in [2.75, 3.05) is 18.9 Å². The number of pyridine rings is 1. The Morgan fingerprint density at radius 2 is 1.81 bits per heavy atom. The van der Waals surface area contributed by atoms with Crippen molar-refractivity contribution in [2.45, 2.75) is 33.2 Å². The highest BCUT2D eigenvalue weighted by Gasteiger charge is 2.24. The quantitative estimate of drug-likeness (QED) is 0.561. The summed E-state index contributed by atoms with van der Waals surface area (Å²) in [5, 5.41) is 3.52. The average molecular weight is 421 g/mol. The second-order valence-corrected chi connectivity index (χ2v) is 7.85. The standard InChI is InChI=1S/C24H27N3O4/c1-5-30-23(29)19-15(2)26-17-12-9-13-18(20(17)21(19)25)31-14-24(3,4)27-22(28)16-10-7-6-8-11-16/h6-13H,5,14H2,1-4H3,(H2,25,26)(H,27,28). The number of nitrogens with zero attached hydrogens (tertiary/aromatic N) is 1. The van der Waals surface area contributed by atoms with Crippen LogP contribution in [0.4, 0.5) is 5.69 Å². The fourth-order valence-electron chi connectivity index (χ4n) is 3.28. The fourth-order valence-corrected chi connectivity index (χ4v) is 3.28. The number of nitrogen functional groups attached to an aromatic ring is 1. The van der Waals surface area contributed by atoms with Crippen molar-refractivity contribution in [1.29, 1.82) is 0 Å². The molecule has 7 heteroatoms. The number of hydrogen-bond acceptors (Lipinski definition) is 6. The zero-order chi connectivity index (χ0) is 22.6. The Morgan fingerprint density at radius 3 is 2.48 bits per heavy atom. The number of ether oxygens (including phenoxy) is 2. The van der Waals surface area contributed by atoms with Crippen LogP contribution in [0.1, 0.15) is 47.2 Å². The first-order valence-electron chi connectivity index (χ1n) is 10.1. The first-order chi connectivity index (χ1) is 14.7. The van der Waals surface area contributed by atoms with E-state index in [1.807, 2.05) is 44.2 Å². The van der Waals surface area contributed by atoms with Gasteiger partial charge in [-0.2, -0.15) is 0 Å². The van der Waals surface area contributed by atoms with Crippen molar-refractivity contribution in [3.05, 3.63) is 65.4 Å². The Morgan fingerprint density at radius 1 is 1.10 bits per heavy atom. The zero-order valence-electron chi connectivity index (χ0n) is 18.2. The van der Waals surface area contributed by atoms with Crippen LogP contribution in [0.3, 0.4) is 0 Å². The number of nitrogens with one attached hydrogen (secondary N) is 1. The number of anilines is 1. The lowest BCUT2D eigenvalue weighted by Crippen LogP contribution is -2.47. The number of carbonyl (C=O) groups excluding carboxylic acids is 2. The lowest BCUT2D eigenvalue weighted by atomic mass is 10.0. The van der Waals surface area contributed by atoms with Gasteiger partial charge < -0.3 is 20.5 Å². The van der Waals surface area contributed by atoms with Crippen LogP contribution in [0.25, 0.3) is 10.9 Å². The molecule has 0 unspecified atom stereocenters. The molecule has 3 aromatic rings. The molecule has 0 fully saturated rings. The number of esters is 1. The molecule has 0 bridgehead atoms. The second-order valence-electron chi connectivity index (χ2n) is 7.85. The van der Waals surface area contributed by atoms with Gasteiger partial charge in [-0.15, -0.1) is 0 Å². The summed E-state index contributed by atoms with van der Waals surface area (Å²) in [4.78, 5) is 29.4. The van der Waals surface area contributed by atoms with Crippen LogP contribution in [0.2, 0.25) is 0 Å². The lowest BCUT2D eigenvalue weighted by molar-refractivity contribution is 0.0526. The van der Waals surface area contributed by atoms with E-state index < -0.39 is 11.5 Å². The Bertz CT molecular complexity index is 1110. The maximum atomic E-state index is 12.5. The number of rotatable bonds is 7. The molecule has 31 heavy (non-hydrogen) atoms. The molecule has 0 saturated carbocycles. The van der Waals surface area contributed by atoms with Crippen LogP contribution in [0.15, 0.2) is 48.5 Å². The maximum absolute atomic E-state index is 12.5. The van der Waals surface area contributed by atoms with Gasteiger partial charge in [0.05, 0.1) is 34.4 Å². The predicted molar refractivity (Wildman–Crippen MR) is 120 cm³/mol. The molecular formula is C24H27N3O4. The highest BCUT2D eigenvalue weighted by molar-refractivity contribution is 6.07. The van der Waals surface area contributed by atoms with Crippen molar-refractivity contribution < 1.29 is 19.1 Å². The van der Waals surface area contributed by atoms with E-state index in [0.29, 0.717) is 27.9 Å². The van der Waals surface area contributed by atoms with Crippen LogP contribution < -0.4 is 15.8 Å². The van der Waals surface area contributed by atoms with Gasteiger partial charge >= 0.3 is 5.97 Å². The monoisotopic (exact) mass is 421 g/mol. The summed E-state index contributed by atoms with van der Waals surface area (Å²) >= 11 is 0. The molecular weight excluding hydrogens is 394 g/mol. The van der Waals surface area contributed by atoms with E-state index in [2.05, 4.69) is 10.3 Å². The molecule has 1 aromatic heterocycles. The van der Waals surface area contributed by atoms with Gasteiger partial charge in [-0.25, -0.2) is 4.79 Å². The van der Waals surface area contributed by atoms with Crippen LogP contribution >= 0.6 is 0 Å². The summed E-state index contributed by atoms with van der Waals surface area (Å²) in [6, 6.07) is 14.4. The summed E-state index contributed by atoms with van der Waals surface area (Å²) in [6.45, 7) is 7.62. The van der Waals surface area contributed by atoms with Crippen LogP contribution in [-0.2, 0) is 4.74 Å². The minimum atomic E-state index is -0.661. The van der Waals surface area contributed by atoms with Crippen molar-refractivity contribution in [3.8, 4) is 5.75 Å². The van der Waals surface area contributed by atoms with Crippen LogP contribution in [0.5, 0.6) is 5.75 Å². The summed E-state index contributed by atoms with van der Waals surface area (Å²) in [5.74, 6) is -0.222. The highest BCUT2D eigenvalue weighted by Crippen LogP contribution is 2.34. The first kappa shape index (κ1) is 22.1. The molecule has 162 valence electrons. The molecule has 3 N–H and O–H groups in total. The van der Waals surface area contributed by atoms with E-state index in [1.54, 1.807) is 32.0 Å². The number of benzene rings is 2. The number of aryl methyl sites for hydroxylation is 1. The molecule has 0 aliphatic carbocycles. The number of carbonyl (C=O) groups is 2. The summed E-state index contributed by atoms with van der Waals surface area (Å²) < 4.78 is 11.2. The molecule has 0 aliphatic heterocycles. The third-order valence-electron chi connectivity index (χ3n) is 4.75. The molecule has 0 saturated heterocycles. The normalized spacial score (nSPS) is 11.2. The first-order valence-corrected chi connectivity index (χ1v) is 10.1. The van der Waals surface area contributed by atoms with Crippen LogP contribution in [-0.4, -0.2) is 35.6 Å². The molecule has 1 heterocycles. The third-order valence-corrected chi connectivity index (χ3v) is 4.75. The topological polar surface area (TPSA) is 104 Å². The molecule has 2 aromatic carbocycles. The Balaban J connectivity index is 1.86. The van der Waals surface area contributed by atoms with E-state index in [-0.39, 0.29) is 30.4 Å². The maximum Gasteiger partial charge on any atom is 0.342 e. The molecule has 1 amide bonds. The average Bonchev–Trinajstić information content (AvgIpc) is 2.72. The number of fused-ring (bicyclic) bond motifs is 1. The van der Waals surface area contributed by atoms with Gasteiger partial charge in [0.2, 0.25) is 0 Å². The van der Waals surface area contributed by atoms with E-state index in [1.165, 1.54) is 0 Å². The van der Waals surface area contributed by atoms with Crippen molar-refractivity contribution >= 4 is 28.5 Å². The molecule has 7 nitrogen and oxygen atoms in total. The van der Waals surface area contributed by atoms with E-state index >= 15 is 0 Å². The summed E-state index contributed by atoms with van der Waals surface area (Å²) in [7, 11) is 0. The molecule has 0 atom stereocenters. The van der Waals surface area contributed by atoms with Gasteiger partial charge in [-0.05, 0) is 52.0 Å². The number of amides is 1. The molecule has 0 aliphatic rings. The Hall–Kier alpha value is -3.61. The van der Waals surface area contributed by atoms with Gasteiger partial charge in [0.1, 0.15) is 17.9 Å². The molecule has 3 rings (SSSR count). The van der Waals surface area contributed by atoms with Gasteiger partial charge in [0.15, 0.2) is 0 Å². The van der Waals surface area contributed by atoms with Crippen molar-refractivity contribution in [1.82, 2.24) is 10.3 Å². The van der Waals surface area contributed by atoms with Gasteiger partial charge in [0.25, 0.3) is 5.91 Å². The minimum absolute atomic E-state index is 0.187. The summed E-state index contributed by atoms with van der Waals surface area (Å²) in [6.07, 6.45) is 0. The fraction of sp³-hybridized carbons (Fsp3) is 0.292. The zero-order valence-corrected chi connectivity index (χ0v) is 18.2. The van der Waals surface area contributed by atoms with Crippen molar-refractivity contribution in [3.63, 3.8) is 0 Å². The van der Waals surface area contributed by atoms with Gasteiger partial charge in [-0.1, -0.05) is 24.3 Å². The smallest absolute Gasteiger partial charge is 0.342 e. The SMILES string of the molecule is CCOC(=O)c1c(C)nc2cccc(OCC(C)(C)NC(=O)c3ccccc3)c2c1N. The van der Waals surface area contributed by atoms with E-state index in [4.69, 9.17) is 15.2 Å². The van der Waals surface area contributed by atoms with Gasteiger partial charge in [-0.3, -0.25) is 9.78 Å². The van der Waals surface area contributed by atoms with E-state index in [9.17, 15) is 9.59 Å². The highest BCUT2D eigenvalue weighted by atomic mass is 16.5. The predicted octanol–water partition coefficient (Wildman–Crippen LogP) is 3.89. The third kappa shape index (κ3) is 4.94.